The summed E-state index contributed by atoms with van der Waals surface area (Å²) in [4.78, 5) is 2.28. The Hall–Kier alpha value is -1.50. The fraction of sp³-hybridized carbons (Fsp3) is 0.533. The van der Waals surface area contributed by atoms with Gasteiger partial charge in [0.15, 0.2) is 5.58 Å². The van der Waals surface area contributed by atoms with Crippen LogP contribution in [0.25, 0.3) is 11.0 Å². The Balaban J connectivity index is 1.87. The minimum atomic E-state index is -0.796. The molecule has 0 amide bonds. The molecular weight excluding hydrogens is 273 g/mol. The van der Waals surface area contributed by atoms with E-state index < -0.39 is 6.23 Å². The second kappa shape index (κ2) is 6.09. The molecule has 1 aliphatic heterocycles. The lowest BCUT2D eigenvalue weighted by Gasteiger charge is -2.34. The van der Waals surface area contributed by atoms with Gasteiger partial charge in [-0.3, -0.25) is 4.90 Å². The molecule has 3 rings (SSSR count). The Morgan fingerprint density at radius 3 is 3.14 bits per heavy atom. The first-order valence-electron chi connectivity index (χ1n) is 7.37. The lowest BCUT2D eigenvalue weighted by atomic mass is 9.97. The van der Waals surface area contributed by atoms with Gasteiger partial charge in [-0.15, -0.1) is 0 Å². The van der Waals surface area contributed by atoms with E-state index in [1.807, 2.05) is 0 Å². The zero-order chi connectivity index (χ0) is 14.8. The number of nitrogens with two attached hydrogens (primary N) is 1. The number of fused-ring (bicyclic) bond motifs is 1. The van der Waals surface area contributed by atoms with Gasteiger partial charge in [-0.25, -0.2) is 4.39 Å². The highest BCUT2D eigenvalue weighted by Gasteiger charge is 2.28. The van der Waals surface area contributed by atoms with E-state index in [0.717, 1.165) is 43.4 Å². The molecule has 2 unspecified atom stereocenters. The van der Waals surface area contributed by atoms with Crippen LogP contribution in [0, 0.1) is 5.82 Å². The molecule has 1 saturated heterocycles. The number of likely N-dealkylation sites (tertiary alicyclic amines) is 1. The van der Waals surface area contributed by atoms with Gasteiger partial charge in [-0.05, 0) is 37.9 Å². The van der Waals surface area contributed by atoms with E-state index in [1.54, 1.807) is 6.07 Å². The third-order valence-electron chi connectivity index (χ3n) is 4.10. The van der Waals surface area contributed by atoms with Gasteiger partial charge in [0.2, 0.25) is 0 Å². The normalized spacial score (nSPS) is 21.8. The van der Waals surface area contributed by atoms with Crippen LogP contribution in [-0.4, -0.2) is 34.5 Å². The summed E-state index contributed by atoms with van der Waals surface area (Å²) < 4.78 is 18.5. The van der Waals surface area contributed by atoms with Crippen molar-refractivity contribution < 1.29 is 14.0 Å². The number of aromatic nitrogens is 1. The van der Waals surface area contributed by atoms with Crippen molar-refractivity contribution in [2.75, 3.05) is 13.1 Å². The number of piperidine rings is 1. The zero-order valence-corrected chi connectivity index (χ0v) is 11.8. The third-order valence-corrected chi connectivity index (χ3v) is 4.10. The van der Waals surface area contributed by atoms with Crippen LogP contribution in [0.15, 0.2) is 22.7 Å². The number of rotatable bonds is 4. The smallest absolute Gasteiger partial charge is 0.170 e. The average molecular weight is 293 g/mol. The highest BCUT2D eigenvalue weighted by molar-refractivity contribution is 5.79. The van der Waals surface area contributed by atoms with Crippen molar-refractivity contribution in [2.45, 2.75) is 38.0 Å². The van der Waals surface area contributed by atoms with Crippen molar-refractivity contribution in [3.8, 4) is 0 Å². The first-order valence-corrected chi connectivity index (χ1v) is 7.37. The van der Waals surface area contributed by atoms with Crippen LogP contribution < -0.4 is 5.73 Å². The minimum absolute atomic E-state index is 0.143. The fourth-order valence-corrected chi connectivity index (χ4v) is 3.04. The molecule has 2 atom stereocenters. The quantitative estimate of drug-likeness (QED) is 0.845. The Bertz CT molecular complexity index is 614. The molecule has 2 heterocycles. The van der Waals surface area contributed by atoms with Gasteiger partial charge in [-0.2, -0.15) is 0 Å². The van der Waals surface area contributed by atoms with E-state index in [2.05, 4.69) is 10.1 Å². The maximum absolute atomic E-state index is 13.2. The monoisotopic (exact) mass is 293 g/mol. The SMILES string of the molecule is NC(O)CCN1CCCCC1c1noc2cc(F)ccc12. The number of benzene rings is 1. The van der Waals surface area contributed by atoms with E-state index >= 15 is 0 Å². The molecule has 2 aromatic rings. The van der Waals surface area contributed by atoms with Crippen molar-refractivity contribution in [1.29, 1.82) is 0 Å². The maximum Gasteiger partial charge on any atom is 0.170 e. The summed E-state index contributed by atoms with van der Waals surface area (Å²) in [6, 6.07) is 4.66. The zero-order valence-electron chi connectivity index (χ0n) is 11.8. The van der Waals surface area contributed by atoms with Crippen LogP contribution in [0.2, 0.25) is 0 Å². The minimum Gasteiger partial charge on any atom is -0.379 e. The molecule has 0 spiro atoms. The predicted octanol–water partition coefficient (Wildman–Crippen LogP) is 2.16. The van der Waals surface area contributed by atoms with Crippen LogP contribution in [0.5, 0.6) is 0 Å². The molecule has 0 aliphatic carbocycles. The van der Waals surface area contributed by atoms with E-state index in [1.165, 1.54) is 12.1 Å². The summed E-state index contributed by atoms with van der Waals surface area (Å²) in [6.45, 7) is 1.67. The fourth-order valence-electron chi connectivity index (χ4n) is 3.04. The van der Waals surface area contributed by atoms with Crippen molar-refractivity contribution >= 4 is 11.0 Å². The van der Waals surface area contributed by atoms with Gasteiger partial charge < -0.3 is 15.4 Å². The van der Waals surface area contributed by atoms with Gasteiger partial charge in [0.05, 0.1) is 6.04 Å². The molecule has 3 N–H and O–H groups in total. The van der Waals surface area contributed by atoms with Crippen molar-refractivity contribution in [2.24, 2.45) is 5.73 Å². The molecule has 0 bridgehead atoms. The summed E-state index contributed by atoms with van der Waals surface area (Å²) in [5.74, 6) is -0.322. The summed E-state index contributed by atoms with van der Waals surface area (Å²) in [7, 11) is 0. The highest BCUT2D eigenvalue weighted by Crippen LogP contribution is 2.34. The lowest BCUT2D eigenvalue weighted by Crippen LogP contribution is -2.37. The van der Waals surface area contributed by atoms with Crippen LogP contribution >= 0.6 is 0 Å². The van der Waals surface area contributed by atoms with Crippen molar-refractivity contribution in [3.63, 3.8) is 0 Å². The van der Waals surface area contributed by atoms with Gasteiger partial charge in [0.1, 0.15) is 17.7 Å². The standard InChI is InChI=1S/C15H20FN3O2/c16-10-4-5-11-13(9-10)21-18-15(11)12-3-1-2-7-19(12)8-6-14(17)20/h4-5,9,12,14,20H,1-3,6-8,17H2. The number of hydrogen-bond donors (Lipinski definition) is 2. The Kier molecular flexibility index (Phi) is 4.19. The molecule has 6 heteroatoms. The highest BCUT2D eigenvalue weighted by atomic mass is 19.1. The van der Waals surface area contributed by atoms with Crippen LogP contribution in [0.3, 0.4) is 0 Å². The predicted molar refractivity (Wildman–Crippen MR) is 76.9 cm³/mol. The number of nitrogens with zero attached hydrogens (tertiary/aromatic N) is 2. The topological polar surface area (TPSA) is 75.5 Å². The largest absolute Gasteiger partial charge is 0.379 e. The third kappa shape index (κ3) is 3.07. The van der Waals surface area contributed by atoms with Gasteiger partial charge in [-0.1, -0.05) is 11.6 Å². The molecule has 1 fully saturated rings. The number of aliphatic hydroxyl groups is 1. The molecule has 5 nitrogen and oxygen atoms in total. The van der Waals surface area contributed by atoms with Gasteiger partial charge >= 0.3 is 0 Å². The number of hydrogen-bond acceptors (Lipinski definition) is 5. The first-order chi connectivity index (χ1) is 10.1. The summed E-state index contributed by atoms with van der Waals surface area (Å²) in [5.41, 5.74) is 6.77. The van der Waals surface area contributed by atoms with Crippen LogP contribution in [0.1, 0.15) is 37.4 Å². The Morgan fingerprint density at radius 1 is 1.48 bits per heavy atom. The van der Waals surface area contributed by atoms with Crippen LogP contribution in [-0.2, 0) is 0 Å². The second-order valence-corrected chi connectivity index (χ2v) is 5.61. The molecule has 21 heavy (non-hydrogen) atoms. The summed E-state index contributed by atoms with van der Waals surface area (Å²) >= 11 is 0. The average Bonchev–Trinajstić information content (AvgIpc) is 2.88. The summed E-state index contributed by atoms with van der Waals surface area (Å²) in [5, 5.41) is 14.3. The van der Waals surface area contributed by atoms with E-state index in [0.29, 0.717) is 12.0 Å². The van der Waals surface area contributed by atoms with E-state index in [9.17, 15) is 9.50 Å². The number of halogens is 1. The molecule has 1 aromatic heterocycles. The Morgan fingerprint density at radius 2 is 2.33 bits per heavy atom. The molecular formula is C15H20FN3O2. The van der Waals surface area contributed by atoms with E-state index in [-0.39, 0.29) is 11.9 Å². The Labute approximate surface area is 122 Å². The van der Waals surface area contributed by atoms with Crippen molar-refractivity contribution in [1.82, 2.24) is 10.1 Å². The second-order valence-electron chi connectivity index (χ2n) is 5.61. The lowest BCUT2D eigenvalue weighted by molar-refractivity contribution is 0.103. The molecule has 114 valence electrons. The molecule has 1 aromatic carbocycles. The molecule has 1 aliphatic rings. The van der Waals surface area contributed by atoms with E-state index in [4.69, 9.17) is 10.3 Å². The number of aliphatic hydroxyl groups excluding tert-OH is 1. The maximum atomic E-state index is 13.2. The first kappa shape index (κ1) is 14.4. The summed E-state index contributed by atoms with van der Waals surface area (Å²) in [6.07, 6.45) is 2.97. The molecule has 0 saturated carbocycles. The van der Waals surface area contributed by atoms with Crippen LogP contribution in [0.4, 0.5) is 4.39 Å². The van der Waals surface area contributed by atoms with Gasteiger partial charge in [0.25, 0.3) is 0 Å². The van der Waals surface area contributed by atoms with Gasteiger partial charge in [0, 0.05) is 18.0 Å². The molecule has 0 radical (unpaired) electrons. The van der Waals surface area contributed by atoms with Crippen molar-refractivity contribution in [3.05, 3.63) is 29.7 Å².